The Hall–Kier alpha value is -3.49. The highest BCUT2D eigenvalue weighted by Gasteiger charge is 2.19. The van der Waals surface area contributed by atoms with Gasteiger partial charge in [0.2, 0.25) is 5.95 Å². The van der Waals surface area contributed by atoms with E-state index in [4.69, 9.17) is 10.5 Å². The van der Waals surface area contributed by atoms with E-state index in [1.807, 2.05) is 39.0 Å². The van der Waals surface area contributed by atoms with E-state index in [0.717, 1.165) is 22.5 Å². The lowest BCUT2D eigenvalue weighted by Crippen LogP contribution is -2.30. The van der Waals surface area contributed by atoms with Gasteiger partial charge in [-0.25, -0.2) is 4.98 Å². The number of amides is 1. The molecule has 3 N–H and O–H groups in total. The molecular formula is C20H24N6O3. The van der Waals surface area contributed by atoms with E-state index in [1.54, 1.807) is 17.5 Å². The summed E-state index contributed by atoms with van der Waals surface area (Å²) in [4.78, 5) is 32.9. The fourth-order valence-electron chi connectivity index (χ4n) is 3.09. The van der Waals surface area contributed by atoms with Crippen molar-refractivity contribution in [3.8, 4) is 0 Å². The van der Waals surface area contributed by atoms with Gasteiger partial charge < -0.3 is 15.8 Å². The van der Waals surface area contributed by atoms with Crippen LogP contribution in [0.15, 0.2) is 24.3 Å². The zero-order valence-corrected chi connectivity index (χ0v) is 16.9. The molecule has 9 nitrogen and oxygen atoms in total. The van der Waals surface area contributed by atoms with Crippen LogP contribution in [-0.2, 0) is 20.7 Å². The molecule has 0 unspecified atom stereocenters. The van der Waals surface area contributed by atoms with Crippen molar-refractivity contribution in [2.24, 2.45) is 0 Å². The molecule has 1 amide bonds. The molecule has 0 fully saturated rings. The first-order valence-corrected chi connectivity index (χ1v) is 9.30. The van der Waals surface area contributed by atoms with Gasteiger partial charge in [0.25, 0.3) is 11.7 Å². The van der Waals surface area contributed by atoms with E-state index in [9.17, 15) is 9.59 Å². The van der Waals surface area contributed by atoms with E-state index < -0.39 is 12.1 Å². The monoisotopic (exact) mass is 396 g/mol. The first kappa shape index (κ1) is 20.2. The molecule has 0 aliphatic heterocycles. The normalized spacial score (nSPS) is 12.0. The van der Waals surface area contributed by atoms with Gasteiger partial charge in [0, 0.05) is 23.5 Å². The van der Waals surface area contributed by atoms with E-state index in [2.05, 4.69) is 20.4 Å². The first-order valence-electron chi connectivity index (χ1n) is 9.30. The zero-order chi connectivity index (χ0) is 21.1. The number of carbonyl (C=O) groups excluding carboxylic acids is 2. The quantitative estimate of drug-likeness (QED) is 0.612. The smallest absolute Gasteiger partial charge is 0.306 e. The Labute approximate surface area is 168 Å². The minimum Gasteiger partial charge on any atom is -0.453 e. The maximum absolute atomic E-state index is 12.3. The third-order valence-corrected chi connectivity index (χ3v) is 4.61. The number of aryl methyl sites for hydroxylation is 3. The fourth-order valence-corrected chi connectivity index (χ4v) is 3.09. The third-order valence-electron chi connectivity index (χ3n) is 4.61. The van der Waals surface area contributed by atoms with Crippen molar-refractivity contribution in [3.63, 3.8) is 0 Å². The minimum absolute atomic E-state index is 0.112. The molecule has 0 radical (unpaired) electrons. The van der Waals surface area contributed by atoms with Crippen molar-refractivity contribution in [2.45, 2.75) is 46.6 Å². The SMILES string of the molecule is Cc1cccc(NC(=O)[C@@H](C)OC(=O)CCc2c(C)nc3nc(N)nn3c2C)c1. The average Bonchev–Trinajstić information content (AvgIpc) is 3.01. The molecule has 0 aliphatic carbocycles. The Morgan fingerprint density at radius 3 is 2.72 bits per heavy atom. The van der Waals surface area contributed by atoms with Gasteiger partial charge >= 0.3 is 5.97 Å². The Bertz CT molecular complexity index is 1080. The maximum Gasteiger partial charge on any atom is 0.306 e. The second kappa shape index (κ2) is 8.26. The lowest BCUT2D eigenvalue weighted by molar-refractivity contribution is -0.153. The lowest BCUT2D eigenvalue weighted by Gasteiger charge is -2.14. The summed E-state index contributed by atoms with van der Waals surface area (Å²) >= 11 is 0. The number of fused-ring (bicyclic) bond motifs is 1. The molecular weight excluding hydrogens is 372 g/mol. The molecule has 0 bridgehead atoms. The molecule has 1 atom stereocenters. The number of hydrogen-bond donors (Lipinski definition) is 2. The van der Waals surface area contributed by atoms with Gasteiger partial charge in [-0.05, 0) is 57.4 Å². The summed E-state index contributed by atoms with van der Waals surface area (Å²) in [5, 5.41) is 6.86. The van der Waals surface area contributed by atoms with Crippen molar-refractivity contribution in [3.05, 3.63) is 46.8 Å². The van der Waals surface area contributed by atoms with Crippen LogP contribution in [0, 0.1) is 20.8 Å². The highest BCUT2D eigenvalue weighted by Crippen LogP contribution is 2.17. The number of hydrogen-bond acceptors (Lipinski definition) is 7. The molecule has 3 rings (SSSR count). The van der Waals surface area contributed by atoms with Crippen molar-refractivity contribution < 1.29 is 14.3 Å². The molecule has 0 spiro atoms. The fraction of sp³-hybridized carbons (Fsp3) is 0.350. The van der Waals surface area contributed by atoms with Crippen LogP contribution in [0.3, 0.4) is 0 Å². The van der Waals surface area contributed by atoms with E-state index in [0.29, 0.717) is 17.9 Å². The Morgan fingerprint density at radius 1 is 1.24 bits per heavy atom. The number of nitrogens with one attached hydrogen (secondary N) is 1. The van der Waals surface area contributed by atoms with Gasteiger partial charge in [-0.15, -0.1) is 5.10 Å². The number of rotatable bonds is 6. The van der Waals surface area contributed by atoms with Crippen molar-refractivity contribution in [2.75, 3.05) is 11.1 Å². The van der Waals surface area contributed by atoms with Gasteiger partial charge in [-0.2, -0.15) is 9.50 Å². The van der Waals surface area contributed by atoms with Crippen LogP contribution in [0.25, 0.3) is 5.78 Å². The second-order valence-corrected chi connectivity index (χ2v) is 6.93. The van der Waals surface area contributed by atoms with Crippen molar-refractivity contribution in [1.29, 1.82) is 0 Å². The summed E-state index contributed by atoms with van der Waals surface area (Å²) in [7, 11) is 0. The number of nitrogens with two attached hydrogens (primary N) is 1. The molecule has 0 aliphatic rings. The Balaban J connectivity index is 1.59. The number of benzene rings is 1. The highest BCUT2D eigenvalue weighted by molar-refractivity contribution is 5.95. The second-order valence-electron chi connectivity index (χ2n) is 6.93. The van der Waals surface area contributed by atoms with E-state index >= 15 is 0 Å². The largest absolute Gasteiger partial charge is 0.453 e. The number of carbonyl (C=O) groups is 2. The predicted octanol–water partition coefficient (Wildman–Crippen LogP) is 2.13. The molecule has 9 heteroatoms. The molecule has 0 saturated heterocycles. The van der Waals surface area contributed by atoms with Gasteiger partial charge in [0.15, 0.2) is 6.10 Å². The van der Waals surface area contributed by atoms with Gasteiger partial charge in [-0.3, -0.25) is 9.59 Å². The highest BCUT2D eigenvalue weighted by atomic mass is 16.5. The zero-order valence-electron chi connectivity index (χ0n) is 16.9. The number of anilines is 2. The average molecular weight is 396 g/mol. The Kier molecular flexibility index (Phi) is 5.76. The molecule has 3 aromatic rings. The standard InChI is InChI=1S/C20H24N6O3/c1-11-6-5-7-15(10-11)23-18(28)14(4)29-17(27)9-8-16-12(2)22-20-24-19(21)25-26(20)13(16)3/h5-7,10,14H,8-9H2,1-4H3,(H2,21,25)(H,23,28)/t14-/m1/s1. The van der Waals surface area contributed by atoms with Crippen LogP contribution >= 0.6 is 0 Å². The Morgan fingerprint density at radius 2 is 2.00 bits per heavy atom. The number of aromatic nitrogens is 4. The number of nitrogen functional groups attached to an aromatic ring is 1. The minimum atomic E-state index is -0.902. The molecule has 2 heterocycles. The molecule has 29 heavy (non-hydrogen) atoms. The molecule has 152 valence electrons. The summed E-state index contributed by atoms with van der Waals surface area (Å²) < 4.78 is 6.84. The number of esters is 1. The van der Waals surface area contributed by atoms with E-state index in [-0.39, 0.29) is 18.3 Å². The van der Waals surface area contributed by atoms with Gasteiger partial charge in [0.1, 0.15) is 0 Å². The van der Waals surface area contributed by atoms with Crippen LogP contribution in [0.1, 0.15) is 35.9 Å². The third kappa shape index (κ3) is 4.68. The summed E-state index contributed by atoms with van der Waals surface area (Å²) in [5.41, 5.74) is 9.76. The summed E-state index contributed by atoms with van der Waals surface area (Å²) in [6.07, 6.45) is -0.382. The summed E-state index contributed by atoms with van der Waals surface area (Å²) in [6, 6.07) is 7.41. The molecule has 0 saturated carbocycles. The lowest BCUT2D eigenvalue weighted by atomic mass is 10.1. The predicted molar refractivity (Wildman–Crippen MR) is 108 cm³/mol. The molecule has 2 aromatic heterocycles. The molecule has 1 aromatic carbocycles. The van der Waals surface area contributed by atoms with Crippen LogP contribution in [0.2, 0.25) is 0 Å². The van der Waals surface area contributed by atoms with Gasteiger partial charge in [-0.1, -0.05) is 12.1 Å². The van der Waals surface area contributed by atoms with E-state index in [1.165, 1.54) is 0 Å². The number of nitrogens with zero attached hydrogens (tertiary/aromatic N) is 4. The van der Waals surface area contributed by atoms with Crippen molar-refractivity contribution >= 4 is 29.3 Å². The van der Waals surface area contributed by atoms with Crippen molar-refractivity contribution in [1.82, 2.24) is 19.6 Å². The first-order chi connectivity index (χ1) is 13.7. The van der Waals surface area contributed by atoms with Crippen LogP contribution in [0.5, 0.6) is 0 Å². The van der Waals surface area contributed by atoms with Gasteiger partial charge in [0.05, 0.1) is 0 Å². The maximum atomic E-state index is 12.3. The number of ether oxygens (including phenoxy) is 1. The van der Waals surface area contributed by atoms with Crippen LogP contribution in [-0.4, -0.2) is 37.6 Å². The van der Waals surface area contributed by atoms with Crippen LogP contribution in [0.4, 0.5) is 11.6 Å². The van der Waals surface area contributed by atoms with Crippen LogP contribution < -0.4 is 11.1 Å². The summed E-state index contributed by atoms with van der Waals surface area (Å²) in [5.74, 6) is -0.276. The topological polar surface area (TPSA) is 124 Å². The summed E-state index contributed by atoms with van der Waals surface area (Å²) in [6.45, 7) is 7.19.